The van der Waals surface area contributed by atoms with Gasteiger partial charge in [0.05, 0.1) is 26.4 Å². The minimum atomic E-state index is 0.619. The van der Waals surface area contributed by atoms with Crippen LogP contribution < -0.4 is 0 Å². The third-order valence-electron chi connectivity index (χ3n) is 6.41. The monoisotopic (exact) mass is 524 g/mol. The Bertz CT molecular complexity index is 1160. The Labute approximate surface area is 233 Å². The molecule has 0 aliphatic heterocycles. The van der Waals surface area contributed by atoms with E-state index in [0.29, 0.717) is 39.6 Å². The summed E-state index contributed by atoms with van der Waals surface area (Å²) < 4.78 is 23.1. The van der Waals surface area contributed by atoms with Gasteiger partial charge in [-0.25, -0.2) is 0 Å². The van der Waals surface area contributed by atoms with E-state index >= 15 is 0 Å². The summed E-state index contributed by atoms with van der Waals surface area (Å²) in [6.07, 6.45) is 2.91. The molecule has 0 fully saturated rings. The number of hydrogen-bond donors (Lipinski definition) is 0. The van der Waals surface area contributed by atoms with Crippen molar-refractivity contribution in [1.82, 2.24) is 0 Å². The highest BCUT2D eigenvalue weighted by Gasteiger charge is 2.01. The summed E-state index contributed by atoms with van der Waals surface area (Å²) >= 11 is 0. The molecule has 0 amide bonds. The van der Waals surface area contributed by atoms with Crippen LogP contribution in [0.3, 0.4) is 0 Å². The average Bonchev–Trinajstić information content (AvgIpc) is 3.00. The van der Waals surface area contributed by atoms with Crippen LogP contribution in [0.25, 0.3) is 11.1 Å². The normalized spacial score (nSPS) is 11.1. The lowest BCUT2D eigenvalue weighted by molar-refractivity contribution is 0.0695. The Morgan fingerprint density at radius 2 is 0.615 bits per heavy atom. The molecule has 4 heteroatoms. The quantitative estimate of drug-likeness (QED) is 0.124. The molecule has 0 spiro atoms. The number of unbranched alkanes of at least 4 members (excludes halogenated alkanes) is 1. The van der Waals surface area contributed by atoms with Crippen molar-refractivity contribution in [2.45, 2.75) is 45.7 Å². The highest BCUT2D eigenvalue weighted by atomic mass is 16.5. The van der Waals surface area contributed by atoms with Crippen molar-refractivity contribution in [3.8, 4) is 11.1 Å². The van der Waals surface area contributed by atoms with E-state index in [0.717, 1.165) is 32.5 Å². The van der Waals surface area contributed by atoms with E-state index in [-0.39, 0.29) is 0 Å². The van der Waals surface area contributed by atoms with Crippen molar-refractivity contribution >= 4 is 0 Å². The SMILES string of the molecule is c1ccc(COCCCCOCc2ccc(-c3ccc(COCCCOCc4ccccc4)cc3)cc2)cc1. The molecule has 0 N–H and O–H groups in total. The van der Waals surface area contributed by atoms with Gasteiger partial charge in [0.15, 0.2) is 0 Å². The number of rotatable bonds is 18. The highest BCUT2D eigenvalue weighted by Crippen LogP contribution is 2.21. The molecular weight excluding hydrogens is 484 g/mol. The van der Waals surface area contributed by atoms with Crippen LogP contribution in [-0.4, -0.2) is 26.4 Å². The Hall–Kier alpha value is -3.28. The van der Waals surface area contributed by atoms with Crippen LogP contribution in [0, 0.1) is 0 Å². The van der Waals surface area contributed by atoms with Crippen LogP contribution in [0.15, 0.2) is 109 Å². The van der Waals surface area contributed by atoms with Gasteiger partial charge in [-0.2, -0.15) is 0 Å². The second kappa shape index (κ2) is 17.3. The lowest BCUT2D eigenvalue weighted by Crippen LogP contribution is -2.01. The molecule has 4 aromatic carbocycles. The minimum Gasteiger partial charge on any atom is -0.377 e. The van der Waals surface area contributed by atoms with Crippen LogP contribution in [0.2, 0.25) is 0 Å². The zero-order valence-electron chi connectivity index (χ0n) is 22.8. The van der Waals surface area contributed by atoms with Crippen molar-refractivity contribution in [2.24, 2.45) is 0 Å². The molecule has 0 aromatic heterocycles. The molecular formula is C35H40O4. The van der Waals surface area contributed by atoms with E-state index < -0.39 is 0 Å². The van der Waals surface area contributed by atoms with Gasteiger partial charge >= 0.3 is 0 Å². The van der Waals surface area contributed by atoms with Gasteiger partial charge in [0.25, 0.3) is 0 Å². The summed E-state index contributed by atoms with van der Waals surface area (Å²) in [5.74, 6) is 0. The third kappa shape index (κ3) is 11.2. The molecule has 0 unspecified atom stereocenters. The minimum absolute atomic E-state index is 0.619. The van der Waals surface area contributed by atoms with Gasteiger partial charge in [-0.1, -0.05) is 109 Å². The summed E-state index contributed by atoms with van der Waals surface area (Å²) in [4.78, 5) is 0. The van der Waals surface area contributed by atoms with E-state index in [9.17, 15) is 0 Å². The first-order valence-corrected chi connectivity index (χ1v) is 13.9. The summed E-state index contributed by atoms with van der Waals surface area (Å²) in [5.41, 5.74) is 7.20. The van der Waals surface area contributed by atoms with Gasteiger partial charge in [0, 0.05) is 26.4 Å². The van der Waals surface area contributed by atoms with Crippen LogP contribution in [-0.2, 0) is 45.4 Å². The third-order valence-corrected chi connectivity index (χ3v) is 6.41. The standard InChI is InChI=1S/C35H40O4/c1-3-10-30(11-4-1)26-36-22-7-8-23-37-28-32-14-18-34(19-15-32)35-20-16-33(17-21-35)29-39-25-9-24-38-27-31-12-5-2-6-13-31/h1-6,10-21H,7-9,22-29H2. The smallest absolute Gasteiger partial charge is 0.0716 e. The maximum absolute atomic E-state index is 5.86. The van der Waals surface area contributed by atoms with E-state index in [1.807, 2.05) is 36.4 Å². The van der Waals surface area contributed by atoms with Crippen LogP contribution in [0.5, 0.6) is 0 Å². The van der Waals surface area contributed by atoms with E-state index in [2.05, 4.69) is 72.8 Å². The number of benzene rings is 4. The summed E-state index contributed by atoms with van der Waals surface area (Å²) in [7, 11) is 0. The fourth-order valence-corrected chi connectivity index (χ4v) is 4.17. The zero-order valence-corrected chi connectivity index (χ0v) is 22.8. The second-order valence-corrected chi connectivity index (χ2v) is 9.64. The zero-order chi connectivity index (χ0) is 26.8. The molecule has 4 nitrogen and oxygen atoms in total. The van der Waals surface area contributed by atoms with Gasteiger partial charge in [-0.15, -0.1) is 0 Å². The van der Waals surface area contributed by atoms with E-state index in [1.54, 1.807) is 0 Å². The Balaban J connectivity index is 1.04. The van der Waals surface area contributed by atoms with E-state index in [4.69, 9.17) is 18.9 Å². The van der Waals surface area contributed by atoms with Gasteiger partial charge in [-0.05, 0) is 52.6 Å². The first-order valence-electron chi connectivity index (χ1n) is 13.9. The largest absolute Gasteiger partial charge is 0.377 e. The molecule has 0 saturated carbocycles. The fourth-order valence-electron chi connectivity index (χ4n) is 4.17. The Kier molecular flexibility index (Phi) is 12.8. The predicted molar refractivity (Wildman–Crippen MR) is 157 cm³/mol. The van der Waals surface area contributed by atoms with Crippen LogP contribution >= 0.6 is 0 Å². The average molecular weight is 525 g/mol. The Morgan fingerprint density at radius 3 is 0.974 bits per heavy atom. The molecule has 4 aromatic rings. The predicted octanol–water partition coefficient (Wildman–Crippen LogP) is 7.99. The van der Waals surface area contributed by atoms with Gasteiger partial charge in [0.1, 0.15) is 0 Å². The molecule has 0 atom stereocenters. The van der Waals surface area contributed by atoms with Crippen LogP contribution in [0.1, 0.15) is 41.5 Å². The summed E-state index contributed by atoms with van der Waals surface area (Å²) in [6, 6.07) is 37.8. The summed E-state index contributed by atoms with van der Waals surface area (Å²) in [5, 5.41) is 0. The topological polar surface area (TPSA) is 36.9 Å². The molecule has 39 heavy (non-hydrogen) atoms. The highest BCUT2D eigenvalue weighted by molar-refractivity contribution is 5.63. The molecule has 204 valence electrons. The first kappa shape index (κ1) is 28.7. The van der Waals surface area contributed by atoms with Gasteiger partial charge in [0.2, 0.25) is 0 Å². The second-order valence-electron chi connectivity index (χ2n) is 9.64. The van der Waals surface area contributed by atoms with Crippen molar-refractivity contribution in [3.63, 3.8) is 0 Å². The first-order chi connectivity index (χ1) is 19.4. The molecule has 0 saturated heterocycles. The molecule has 0 aliphatic rings. The maximum Gasteiger partial charge on any atom is 0.0716 e. The number of ether oxygens (including phenoxy) is 4. The molecule has 0 heterocycles. The van der Waals surface area contributed by atoms with Crippen molar-refractivity contribution in [3.05, 3.63) is 131 Å². The molecule has 0 radical (unpaired) electrons. The van der Waals surface area contributed by atoms with Crippen LogP contribution in [0.4, 0.5) is 0 Å². The van der Waals surface area contributed by atoms with Crippen molar-refractivity contribution in [1.29, 1.82) is 0 Å². The van der Waals surface area contributed by atoms with Crippen molar-refractivity contribution < 1.29 is 18.9 Å². The molecule has 4 rings (SSSR count). The van der Waals surface area contributed by atoms with E-state index in [1.165, 1.54) is 33.4 Å². The molecule has 0 aliphatic carbocycles. The van der Waals surface area contributed by atoms with Gasteiger partial charge in [-0.3, -0.25) is 0 Å². The lowest BCUT2D eigenvalue weighted by atomic mass is 10.0. The Morgan fingerprint density at radius 1 is 0.308 bits per heavy atom. The van der Waals surface area contributed by atoms with Crippen molar-refractivity contribution in [2.75, 3.05) is 26.4 Å². The van der Waals surface area contributed by atoms with Gasteiger partial charge < -0.3 is 18.9 Å². The maximum atomic E-state index is 5.86. The molecule has 0 bridgehead atoms. The summed E-state index contributed by atoms with van der Waals surface area (Å²) in [6.45, 7) is 5.51. The fraction of sp³-hybridized carbons (Fsp3) is 0.314. The number of hydrogen-bond acceptors (Lipinski definition) is 4. The lowest BCUT2D eigenvalue weighted by Gasteiger charge is -2.08.